The summed E-state index contributed by atoms with van der Waals surface area (Å²) in [6.07, 6.45) is 1.77. The van der Waals surface area contributed by atoms with Crippen LogP contribution in [0.5, 0.6) is 0 Å². The molecule has 2 unspecified atom stereocenters. The average molecular weight is 381 g/mol. The first kappa shape index (κ1) is 18.4. The summed E-state index contributed by atoms with van der Waals surface area (Å²) in [5.41, 5.74) is 2.10. The standard InChI is InChI=1S/C18H24N2O3S2/c1-13-10-20(11-16(23-13)14-7-8-24-12-14)15-5-6-17(19-9-15)25(21,22)18(2,3)4/h5-9,12-13,16H,10-11H2,1-4H3. The second kappa shape index (κ2) is 6.70. The molecule has 5 nitrogen and oxygen atoms in total. The van der Waals surface area contributed by atoms with Crippen LogP contribution in [0, 0.1) is 0 Å². The summed E-state index contributed by atoms with van der Waals surface area (Å²) in [5.74, 6) is 0. The molecule has 136 valence electrons. The van der Waals surface area contributed by atoms with Crippen LogP contribution in [0.4, 0.5) is 5.69 Å². The lowest BCUT2D eigenvalue weighted by atomic mass is 10.1. The molecule has 1 aliphatic rings. The minimum atomic E-state index is -3.43. The van der Waals surface area contributed by atoms with Crippen LogP contribution in [0.1, 0.15) is 39.4 Å². The van der Waals surface area contributed by atoms with Gasteiger partial charge in [-0.25, -0.2) is 13.4 Å². The third-order valence-electron chi connectivity index (χ3n) is 4.34. The van der Waals surface area contributed by atoms with Crippen molar-refractivity contribution in [3.63, 3.8) is 0 Å². The average Bonchev–Trinajstić information content (AvgIpc) is 3.08. The molecule has 25 heavy (non-hydrogen) atoms. The zero-order chi connectivity index (χ0) is 18.2. The highest BCUT2D eigenvalue weighted by Gasteiger charge is 2.32. The summed E-state index contributed by atoms with van der Waals surface area (Å²) < 4.78 is 30.2. The molecule has 0 spiro atoms. The van der Waals surface area contributed by atoms with Crippen LogP contribution in [0.2, 0.25) is 0 Å². The van der Waals surface area contributed by atoms with Crippen molar-refractivity contribution in [1.29, 1.82) is 0 Å². The monoisotopic (exact) mass is 380 g/mol. The molecule has 1 aliphatic heterocycles. The molecule has 2 aromatic rings. The van der Waals surface area contributed by atoms with Crippen LogP contribution in [0.15, 0.2) is 40.2 Å². The molecule has 3 heterocycles. The number of nitrogens with zero attached hydrogens (tertiary/aromatic N) is 2. The van der Waals surface area contributed by atoms with E-state index >= 15 is 0 Å². The normalized spacial score (nSPS) is 22.2. The van der Waals surface area contributed by atoms with Gasteiger partial charge in [0.25, 0.3) is 0 Å². The van der Waals surface area contributed by atoms with Gasteiger partial charge in [-0.1, -0.05) is 0 Å². The Labute approximate surface area is 153 Å². The number of rotatable bonds is 3. The number of sulfone groups is 1. The fourth-order valence-electron chi connectivity index (χ4n) is 2.84. The number of thiophene rings is 1. The maximum absolute atomic E-state index is 12.5. The quantitative estimate of drug-likeness (QED) is 0.813. The van der Waals surface area contributed by atoms with Crippen LogP contribution in [-0.2, 0) is 14.6 Å². The molecular weight excluding hydrogens is 356 g/mol. The van der Waals surface area contributed by atoms with Crippen LogP contribution < -0.4 is 4.90 Å². The van der Waals surface area contributed by atoms with E-state index in [0.29, 0.717) is 0 Å². The van der Waals surface area contributed by atoms with Gasteiger partial charge in [0.2, 0.25) is 0 Å². The van der Waals surface area contributed by atoms with Crippen molar-refractivity contribution < 1.29 is 13.2 Å². The fraction of sp³-hybridized carbons (Fsp3) is 0.500. The number of morpholine rings is 1. The van der Waals surface area contributed by atoms with E-state index in [4.69, 9.17) is 4.74 Å². The molecule has 0 aliphatic carbocycles. The zero-order valence-corrected chi connectivity index (χ0v) is 16.6. The van der Waals surface area contributed by atoms with Crippen molar-refractivity contribution in [2.24, 2.45) is 0 Å². The number of ether oxygens (including phenoxy) is 1. The van der Waals surface area contributed by atoms with Crippen molar-refractivity contribution in [3.05, 3.63) is 40.7 Å². The largest absolute Gasteiger partial charge is 0.367 e. The number of hydrogen-bond donors (Lipinski definition) is 0. The Hall–Kier alpha value is -1.44. The Bertz CT molecular complexity index is 809. The highest BCUT2D eigenvalue weighted by Crippen LogP contribution is 2.30. The van der Waals surface area contributed by atoms with Crippen LogP contribution >= 0.6 is 11.3 Å². The second-order valence-electron chi connectivity index (χ2n) is 7.37. The van der Waals surface area contributed by atoms with Gasteiger partial charge >= 0.3 is 0 Å². The minimum Gasteiger partial charge on any atom is -0.367 e. The van der Waals surface area contributed by atoms with Crippen molar-refractivity contribution in [3.8, 4) is 0 Å². The SMILES string of the molecule is CC1CN(c2ccc(S(=O)(=O)C(C)(C)C)nc2)CC(c2ccsc2)O1. The lowest BCUT2D eigenvalue weighted by Gasteiger charge is -2.38. The summed E-state index contributed by atoms with van der Waals surface area (Å²) in [4.78, 5) is 6.44. The van der Waals surface area contributed by atoms with E-state index in [-0.39, 0.29) is 17.2 Å². The van der Waals surface area contributed by atoms with Crippen LogP contribution in [0.3, 0.4) is 0 Å². The first-order valence-corrected chi connectivity index (χ1v) is 10.7. The Morgan fingerprint density at radius 1 is 1.24 bits per heavy atom. The summed E-state index contributed by atoms with van der Waals surface area (Å²) in [5, 5.41) is 4.29. The molecule has 3 rings (SSSR count). The topological polar surface area (TPSA) is 59.5 Å². The predicted molar refractivity (Wildman–Crippen MR) is 101 cm³/mol. The van der Waals surface area contributed by atoms with Gasteiger partial charge in [-0.05, 0) is 62.2 Å². The van der Waals surface area contributed by atoms with Gasteiger partial charge in [-0.2, -0.15) is 11.3 Å². The Balaban J connectivity index is 1.82. The first-order valence-electron chi connectivity index (χ1n) is 8.31. The van der Waals surface area contributed by atoms with Gasteiger partial charge in [0.05, 0.1) is 22.7 Å². The molecule has 2 aromatic heterocycles. The van der Waals surface area contributed by atoms with Crippen molar-refractivity contribution in [1.82, 2.24) is 4.98 Å². The summed E-state index contributed by atoms with van der Waals surface area (Å²) in [6, 6.07) is 5.53. The lowest BCUT2D eigenvalue weighted by molar-refractivity contribution is -0.0171. The van der Waals surface area contributed by atoms with Gasteiger partial charge < -0.3 is 9.64 Å². The highest BCUT2D eigenvalue weighted by molar-refractivity contribution is 7.92. The lowest BCUT2D eigenvalue weighted by Crippen LogP contribution is -2.42. The molecule has 7 heteroatoms. The van der Waals surface area contributed by atoms with Gasteiger partial charge in [-0.3, -0.25) is 0 Å². The second-order valence-corrected chi connectivity index (χ2v) is 10.8. The van der Waals surface area contributed by atoms with Gasteiger partial charge in [0.1, 0.15) is 6.10 Å². The number of hydrogen-bond acceptors (Lipinski definition) is 6. The van der Waals surface area contributed by atoms with E-state index in [1.54, 1.807) is 44.4 Å². The molecule has 1 fully saturated rings. The number of aromatic nitrogens is 1. The summed E-state index contributed by atoms with van der Waals surface area (Å²) in [6.45, 7) is 8.60. The molecule has 1 saturated heterocycles. The predicted octanol–water partition coefficient (Wildman–Crippen LogP) is 3.68. The third kappa shape index (κ3) is 3.73. The number of pyridine rings is 1. The Morgan fingerprint density at radius 2 is 2.00 bits per heavy atom. The molecule has 0 N–H and O–H groups in total. The van der Waals surface area contributed by atoms with E-state index in [1.807, 2.05) is 6.07 Å². The van der Waals surface area contributed by atoms with Crippen LogP contribution in [-0.4, -0.2) is 37.3 Å². The van der Waals surface area contributed by atoms with Crippen molar-refractivity contribution in [2.75, 3.05) is 18.0 Å². The van der Waals surface area contributed by atoms with Crippen LogP contribution in [0.25, 0.3) is 0 Å². The first-order chi connectivity index (χ1) is 11.7. The van der Waals surface area contributed by atoms with Crippen molar-refractivity contribution in [2.45, 2.75) is 49.7 Å². The van der Waals surface area contributed by atoms with E-state index in [0.717, 1.165) is 18.8 Å². The maximum atomic E-state index is 12.5. The van der Waals surface area contributed by atoms with Gasteiger partial charge in [0.15, 0.2) is 14.9 Å². The smallest absolute Gasteiger partial charge is 0.200 e. The van der Waals surface area contributed by atoms with E-state index in [2.05, 4.69) is 33.6 Å². The van der Waals surface area contributed by atoms with E-state index in [1.165, 1.54) is 5.56 Å². The summed E-state index contributed by atoms with van der Waals surface area (Å²) >= 11 is 1.66. The third-order valence-corrected chi connectivity index (χ3v) is 7.45. The maximum Gasteiger partial charge on any atom is 0.200 e. The molecule has 0 saturated carbocycles. The Kier molecular flexibility index (Phi) is 4.92. The fourth-order valence-corrected chi connectivity index (χ4v) is 4.60. The van der Waals surface area contributed by atoms with Gasteiger partial charge in [-0.15, -0.1) is 0 Å². The van der Waals surface area contributed by atoms with E-state index < -0.39 is 14.6 Å². The Morgan fingerprint density at radius 3 is 2.56 bits per heavy atom. The summed E-state index contributed by atoms with van der Waals surface area (Å²) in [7, 11) is -3.43. The highest BCUT2D eigenvalue weighted by atomic mass is 32.2. The molecule has 0 amide bonds. The zero-order valence-electron chi connectivity index (χ0n) is 15.0. The molecule has 0 aromatic carbocycles. The van der Waals surface area contributed by atoms with E-state index in [9.17, 15) is 8.42 Å². The molecular formula is C18H24N2O3S2. The van der Waals surface area contributed by atoms with Crippen molar-refractivity contribution >= 4 is 26.9 Å². The number of anilines is 1. The molecule has 2 atom stereocenters. The minimum absolute atomic E-state index is 0.0213. The molecule has 0 bridgehead atoms. The molecule has 0 radical (unpaired) electrons. The van der Waals surface area contributed by atoms with Gasteiger partial charge in [0, 0.05) is 13.1 Å².